The van der Waals surface area contributed by atoms with Crippen molar-refractivity contribution in [1.29, 1.82) is 0 Å². The van der Waals surface area contributed by atoms with Crippen LogP contribution in [0.5, 0.6) is 5.75 Å². The number of rotatable bonds is 5. The van der Waals surface area contributed by atoms with Crippen LogP contribution in [0.4, 0.5) is 5.69 Å². The molecule has 1 spiro atoms. The highest BCUT2D eigenvalue weighted by Crippen LogP contribution is 2.67. The number of likely N-dealkylation sites (N-methyl/N-ethyl adjacent to an activating group) is 1. The molecule has 296 valence electrons. The molecular weight excluding hydrogens is 713 g/mol. The first-order valence-electron chi connectivity index (χ1n) is 20.6. The summed E-state index contributed by atoms with van der Waals surface area (Å²) in [6.07, 6.45) is 3.77. The molecule has 56 heavy (non-hydrogen) atoms. The zero-order valence-corrected chi connectivity index (χ0v) is 33.1. The highest BCUT2D eigenvalue weighted by Gasteiger charge is 2.80. The number of aliphatic imine (C=N–C) groups is 1. The number of ether oxygens (including phenoxy) is 5. The molecule has 7 saturated heterocycles. The maximum atomic E-state index is 14.4. The third-order valence-corrected chi connectivity index (χ3v) is 16.2. The normalized spacial score (nSPS) is 42.6. The minimum absolute atomic E-state index is 0.0887. The number of carbonyl (C=O) groups is 2. The maximum Gasteiger partial charge on any atom is 0.319 e. The number of carbonyl (C=O) groups excluding carboxylic acids is 2. The van der Waals surface area contributed by atoms with E-state index < -0.39 is 22.0 Å². The quantitative estimate of drug-likeness (QED) is 0.275. The van der Waals surface area contributed by atoms with E-state index in [1.807, 2.05) is 12.1 Å². The lowest BCUT2D eigenvalue weighted by molar-refractivity contribution is -0.284. The Morgan fingerprint density at radius 3 is 2.62 bits per heavy atom. The zero-order valence-electron chi connectivity index (χ0n) is 33.1. The van der Waals surface area contributed by atoms with Gasteiger partial charge in [-0.05, 0) is 75.6 Å². The van der Waals surface area contributed by atoms with Crippen LogP contribution >= 0.6 is 0 Å². The molecule has 13 rings (SSSR count). The number of aliphatic hydroxyl groups is 1. The number of nitrogens with zero attached hydrogens (tertiary/aromatic N) is 3. The van der Waals surface area contributed by atoms with Gasteiger partial charge in [-0.3, -0.25) is 24.4 Å². The van der Waals surface area contributed by atoms with Crippen LogP contribution in [0.15, 0.2) is 41.4 Å². The fourth-order valence-corrected chi connectivity index (χ4v) is 14.0. The molecule has 1 unspecified atom stereocenters. The van der Waals surface area contributed by atoms with Crippen molar-refractivity contribution in [3.63, 3.8) is 0 Å². The Hall–Kier alpha value is -3.81. The lowest BCUT2D eigenvalue weighted by Crippen LogP contribution is -2.77. The van der Waals surface area contributed by atoms with Crippen molar-refractivity contribution in [2.45, 2.75) is 93.9 Å². The van der Waals surface area contributed by atoms with E-state index >= 15 is 0 Å². The minimum Gasteiger partial charge on any atom is -0.496 e. The van der Waals surface area contributed by atoms with Crippen LogP contribution < -0.4 is 4.74 Å². The van der Waals surface area contributed by atoms with E-state index in [0.29, 0.717) is 66.8 Å². The fourth-order valence-electron chi connectivity index (χ4n) is 14.0. The molecule has 1 aromatic heterocycles. The van der Waals surface area contributed by atoms with Gasteiger partial charge >= 0.3 is 11.9 Å². The predicted octanol–water partition coefficient (Wildman–Crippen LogP) is 4.82. The Kier molecular flexibility index (Phi) is 7.36. The molecule has 3 aromatic rings. The van der Waals surface area contributed by atoms with E-state index in [0.717, 1.165) is 47.1 Å². The topological polar surface area (TPSA) is 138 Å². The molecule has 0 radical (unpaired) electrons. The highest BCUT2D eigenvalue weighted by molar-refractivity contribution is 6.15. The van der Waals surface area contributed by atoms with Crippen LogP contribution in [0.2, 0.25) is 0 Å². The van der Waals surface area contributed by atoms with E-state index in [1.54, 1.807) is 7.11 Å². The second-order valence-corrected chi connectivity index (χ2v) is 18.2. The fraction of sp³-hybridized carbons (Fsp3) is 0.614. The van der Waals surface area contributed by atoms with Crippen molar-refractivity contribution in [2.24, 2.45) is 33.6 Å². The summed E-state index contributed by atoms with van der Waals surface area (Å²) in [6, 6.07) is 12.2. The number of hydrogen-bond acceptors (Lipinski definition) is 11. The number of hydrogen-bond donors (Lipinski definition) is 2. The van der Waals surface area contributed by atoms with Crippen molar-refractivity contribution in [1.82, 2.24) is 14.8 Å². The Bertz CT molecular complexity index is 2240. The number of nitrogens with one attached hydrogen (secondary N) is 1. The molecule has 8 aliphatic heterocycles. The first kappa shape index (κ1) is 35.4. The Balaban J connectivity index is 1.12. The SMILES string of the molecule is CC[C@H]1C[C@H]2CN3CC[C@@]4(O)C(=Nc5cc(OC)c([C@@H]6C[C@H]7[C@@]8(C(=O)OC)CO[C@H](N(C)[C@H]8Cc8c6[nH]c6ccccc86)[C@@]76O[C@H]6C)cc54)[C@](C(=O)OC)(C2)[C@H]13. The molecule has 12 nitrogen and oxygen atoms in total. The van der Waals surface area contributed by atoms with Gasteiger partial charge in [0.25, 0.3) is 0 Å². The van der Waals surface area contributed by atoms with Crippen molar-refractivity contribution >= 4 is 34.2 Å². The van der Waals surface area contributed by atoms with Crippen LogP contribution in [0.1, 0.15) is 74.3 Å². The van der Waals surface area contributed by atoms with Gasteiger partial charge in [-0.1, -0.05) is 31.5 Å². The standard InChI is InChI=1S/C44H52N4O8/c1-7-24-14-23-19-41(39(49)53-5)36(24)48(20-23)13-12-43(51)29-15-26(32(52-4)18-31(29)46-37(41)43)27-16-33-42(40(50)54-6)21-55-38(44(33)22(2)56-44)47(3)34(42)17-28-25-10-8-9-11-30(25)45-35(27)28/h8-11,15,18,22-24,27,33-34,36,38,45,51H,7,12-14,16-17,19-21H2,1-6H3/t22-,23+,24-,27-,33-,34-,36-,38-,41-,42-,43-,44-/m0/s1. The van der Waals surface area contributed by atoms with Crippen LogP contribution in [0, 0.1) is 28.6 Å². The number of benzene rings is 2. The number of esters is 2. The van der Waals surface area contributed by atoms with Gasteiger partial charge in [0, 0.05) is 70.8 Å². The third-order valence-electron chi connectivity index (χ3n) is 16.2. The summed E-state index contributed by atoms with van der Waals surface area (Å²) in [5.41, 5.74) is 1.76. The van der Waals surface area contributed by atoms with Gasteiger partial charge in [0.2, 0.25) is 0 Å². The molecule has 0 amide bonds. The number of fused-ring (bicyclic) bond motifs is 8. The molecule has 2 N–H and O–H groups in total. The lowest BCUT2D eigenvalue weighted by atomic mass is 9.53. The monoisotopic (exact) mass is 764 g/mol. The van der Waals surface area contributed by atoms with Crippen molar-refractivity contribution in [3.05, 3.63) is 58.8 Å². The molecule has 12 heteroatoms. The molecule has 8 bridgehead atoms. The van der Waals surface area contributed by atoms with Gasteiger partial charge in [0.1, 0.15) is 34.0 Å². The average Bonchev–Trinajstić information content (AvgIpc) is 3.60. The minimum atomic E-state index is -1.49. The first-order valence-corrected chi connectivity index (χ1v) is 20.6. The van der Waals surface area contributed by atoms with E-state index in [2.05, 4.69) is 59.9 Å². The zero-order chi connectivity index (χ0) is 38.7. The Labute approximate surface area is 326 Å². The number of epoxide rings is 1. The summed E-state index contributed by atoms with van der Waals surface area (Å²) in [4.78, 5) is 42.6. The van der Waals surface area contributed by atoms with E-state index in [1.165, 1.54) is 14.2 Å². The average molecular weight is 765 g/mol. The van der Waals surface area contributed by atoms with Crippen molar-refractivity contribution in [3.8, 4) is 5.75 Å². The van der Waals surface area contributed by atoms with Gasteiger partial charge in [-0.2, -0.15) is 0 Å². The number of aromatic amines is 1. The summed E-state index contributed by atoms with van der Waals surface area (Å²) in [5, 5.41) is 14.4. The largest absolute Gasteiger partial charge is 0.496 e. The number of methoxy groups -OCH3 is 3. The molecule has 2 aliphatic carbocycles. The van der Waals surface area contributed by atoms with Crippen LogP contribution in [-0.4, -0.2) is 116 Å². The smallest absolute Gasteiger partial charge is 0.319 e. The van der Waals surface area contributed by atoms with E-state index in [-0.39, 0.29) is 54.8 Å². The van der Waals surface area contributed by atoms with E-state index in [4.69, 9.17) is 28.7 Å². The summed E-state index contributed by atoms with van der Waals surface area (Å²) >= 11 is 0. The third kappa shape index (κ3) is 4.05. The van der Waals surface area contributed by atoms with Gasteiger partial charge in [-0.15, -0.1) is 0 Å². The maximum absolute atomic E-state index is 14.4. The number of H-pyrrole nitrogens is 1. The second kappa shape index (κ2) is 11.7. The summed E-state index contributed by atoms with van der Waals surface area (Å²) < 4.78 is 30.9. The van der Waals surface area contributed by atoms with Crippen LogP contribution in [0.25, 0.3) is 10.9 Å². The molecule has 9 heterocycles. The van der Waals surface area contributed by atoms with Gasteiger partial charge < -0.3 is 33.8 Å². The second-order valence-electron chi connectivity index (χ2n) is 18.2. The molecule has 10 aliphatic rings. The molecule has 13 atom stereocenters. The van der Waals surface area contributed by atoms with Crippen molar-refractivity contribution < 1.29 is 38.4 Å². The molecular formula is C44H52N4O8. The summed E-state index contributed by atoms with van der Waals surface area (Å²) in [5.74, 6) is 0.145. The van der Waals surface area contributed by atoms with E-state index in [9.17, 15) is 14.7 Å². The molecule has 1 saturated carbocycles. The summed E-state index contributed by atoms with van der Waals surface area (Å²) in [6.45, 7) is 6.10. The highest BCUT2D eigenvalue weighted by atomic mass is 16.7. The number of piperidine rings is 3. The Morgan fingerprint density at radius 1 is 1.11 bits per heavy atom. The Morgan fingerprint density at radius 2 is 1.89 bits per heavy atom. The van der Waals surface area contributed by atoms with Crippen LogP contribution in [-0.2, 0) is 40.6 Å². The van der Waals surface area contributed by atoms with Crippen LogP contribution in [0.3, 0.4) is 0 Å². The number of para-hydroxylation sites is 1. The molecule has 8 fully saturated rings. The number of aromatic nitrogens is 1. The van der Waals surface area contributed by atoms with Gasteiger partial charge in [-0.25, -0.2) is 0 Å². The summed E-state index contributed by atoms with van der Waals surface area (Å²) in [7, 11) is 6.68. The van der Waals surface area contributed by atoms with Gasteiger partial charge in [0.15, 0.2) is 0 Å². The predicted molar refractivity (Wildman–Crippen MR) is 206 cm³/mol. The first-order chi connectivity index (χ1) is 27.0. The lowest BCUT2D eigenvalue weighted by Gasteiger charge is -2.62. The van der Waals surface area contributed by atoms with Crippen molar-refractivity contribution in [2.75, 3.05) is 48.1 Å². The molecule has 2 aromatic carbocycles. The van der Waals surface area contributed by atoms with Gasteiger partial charge in [0.05, 0.1) is 45.4 Å².